The molecule has 0 heterocycles. The molecule has 4 N–H and O–H groups in total. The van der Waals surface area contributed by atoms with Crippen molar-refractivity contribution in [3.8, 4) is 0 Å². The number of rotatable bonds is 0. The van der Waals surface area contributed by atoms with Gasteiger partial charge in [0.15, 0.2) is 0 Å². The van der Waals surface area contributed by atoms with E-state index in [4.69, 9.17) is 10.5 Å². The number of hydrogen-bond donors (Lipinski definition) is 0. The van der Waals surface area contributed by atoms with Crippen LogP contribution in [-0.2, 0) is 17.1 Å². The van der Waals surface area contributed by atoms with Crippen LogP contribution in [0.3, 0.4) is 0 Å². The van der Waals surface area contributed by atoms with Crippen LogP contribution in [0.2, 0.25) is 0 Å². The van der Waals surface area contributed by atoms with Gasteiger partial charge in [-0.25, -0.2) is 0 Å². The van der Waals surface area contributed by atoms with Gasteiger partial charge in [-0.2, -0.15) is 0 Å². The average Bonchev–Trinajstić information content (AvgIpc) is 1.00. The molecule has 0 radical (unpaired) electrons. The molecule has 0 aliphatic rings. The minimum Gasteiger partial charge on any atom is -0.577 e. The van der Waals surface area contributed by atoms with Gasteiger partial charge in [-0.3, -0.25) is 0 Å². The standard InChI is InChI=1S/Fe.NO.2H2O/c;1-2;;/h;;2*1H2/q;-1;;. The Morgan fingerprint density at radius 3 is 1.00 bits per heavy atom. The van der Waals surface area contributed by atoms with Crippen LogP contribution in [0.4, 0.5) is 0 Å². The molecule has 0 fully saturated rings. The molecular weight excluding hydrogens is 118 g/mol. The second-order valence-corrected chi connectivity index (χ2v) is 0. The van der Waals surface area contributed by atoms with E-state index in [2.05, 4.69) is 0 Å². The van der Waals surface area contributed by atoms with E-state index in [0.29, 0.717) is 0 Å². The molecule has 0 atom stereocenters. The Morgan fingerprint density at radius 2 is 1.00 bits per heavy atom. The molecule has 0 aromatic carbocycles. The van der Waals surface area contributed by atoms with Crippen molar-refractivity contribution in [2.24, 2.45) is 0 Å². The molecule has 0 saturated carbocycles. The van der Waals surface area contributed by atoms with Crippen LogP contribution in [0, 0.1) is 4.91 Å². The summed E-state index contributed by atoms with van der Waals surface area (Å²) in [6.45, 7) is 0. The van der Waals surface area contributed by atoms with Crippen LogP contribution >= 0.6 is 0 Å². The Morgan fingerprint density at radius 1 is 1.00 bits per heavy atom. The topological polar surface area (TPSA) is 102 Å². The fourth-order valence-electron chi connectivity index (χ4n) is 0. The minimum absolute atomic E-state index is 0. The van der Waals surface area contributed by atoms with Crippen LogP contribution in [0.15, 0.2) is 0 Å². The SMILES string of the molecule is O.O.[Fe].[N-]=O. The second-order valence-electron chi connectivity index (χ2n) is 0. The van der Waals surface area contributed by atoms with Gasteiger partial charge in [0.1, 0.15) is 0 Å². The van der Waals surface area contributed by atoms with Crippen molar-refractivity contribution in [1.29, 1.82) is 0 Å². The number of nitrogens with zero attached hydrogens (tertiary/aromatic N) is 1. The van der Waals surface area contributed by atoms with Gasteiger partial charge in [0.25, 0.3) is 0 Å². The van der Waals surface area contributed by atoms with Crippen molar-refractivity contribution in [2.45, 2.75) is 0 Å². The Kier molecular flexibility index (Phi) is 364000. The maximum Gasteiger partial charge on any atom is 0 e. The van der Waals surface area contributed by atoms with Crippen LogP contribution in [0.5, 0.6) is 0 Å². The smallest absolute Gasteiger partial charge is 0 e. The average molecular weight is 122 g/mol. The molecule has 0 aromatic rings. The Bertz CT molecular complexity index is 6.85. The van der Waals surface area contributed by atoms with Crippen molar-refractivity contribution in [2.75, 3.05) is 0 Å². The first-order chi connectivity index (χ1) is 1.00. The van der Waals surface area contributed by atoms with E-state index in [1.165, 1.54) is 0 Å². The van der Waals surface area contributed by atoms with E-state index in [9.17, 15) is 0 Å². The first kappa shape index (κ1) is 76.1. The molecular formula is H4FeNO3-. The molecule has 0 spiro atoms. The third-order valence-corrected chi connectivity index (χ3v) is 0. The largest absolute Gasteiger partial charge is 0.577 e. The van der Waals surface area contributed by atoms with Crippen molar-refractivity contribution in [3.05, 3.63) is 10.5 Å². The molecule has 0 aliphatic carbocycles. The van der Waals surface area contributed by atoms with Crippen molar-refractivity contribution < 1.29 is 28.0 Å². The summed E-state index contributed by atoms with van der Waals surface area (Å²) in [5.41, 5.74) is 5.75. The van der Waals surface area contributed by atoms with Gasteiger partial charge in [-0.05, 0) is 0 Å². The first-order valence-electron chi connectivity index (χ1n) is 0.183. The summed E-state index contributed by atoms with van der Waals surface area (Å²) >= 11 is 0. The molecule has 0 rings (SSSR count). The third kappa shape index (κ3) is 10800. The molecule has 4 nitrogen and oxygen atoms in total. The summed E-state index contributed by atoms with van der Waals surface area (Å²) in [7, 11) is 0. The summed E-state index contributed by atoms with van der Waals surface area (Å²) in [4.78, 5) is 7.25. The zero-order valence-corrected chi connectivity index (χ0v) is 3.31. The van der Waals surface area contributed by atoms with Gasteiger partial charge >= 0.3 is 0 Å². The summed E-state index contributed by atoms with van der Waals surface area (Å²) < 4.78 is 0. The number of hydrogen-bond acceptors (Lipinski definition) is 1. The molecule has 0 saturated heterocycles. The molecule has 0 aromatic heterocycles. The maximum absolute atomic E-state index is 7.25. The Balaban J connectivity index is -0.00000000167. The fraction of sp³-hybridized carbons (Fsp3) is 0. The zero-order valence-electron chi connectivity index (χ0n) is 2.21. The van der Waals surface area contributed by atoms with Gasteiger partial charge in [-0.1, -0.05) is 0 Å². The van der Waals surface area contributed by atoms with E-state index in [-0.39, 0.29) is 28.0 Å². The van der Waals surface area contributed by atoms with Gasteiger partial charge in [0, 0.05) is 17.1 Å². The maximum atomic E-state index is 7.25. The summed E-state index contributed by atoms with van der Waals surface area (Å²) in [5.74, 6) is 0. The predicted octanol–water partition coefficient (Wildman–Crippen LogP) is -1.33. The Hall–Kier alpha value is 0.0395. The molecule has 5 heteroatoms. The summed E-state index contributed by atoms with van der Waals surface area (Å²) in [6, 6.07) is 0. The van der Waals surface area contributed by atoms with E-state index >= 15 is 0 Å². The minimum atomic E-state index is 0. The van der Waals surface area contributed by atoms with Crippen molar-refractivity contribution >= 4 is 0 Å². The summed E-state index contributed by atoms with van der Waals surface area (Å²) in [5, 5.41) is 0. The number of nitroso groups, excluding NO2 is 1. The van der Waals surface area contributed by atoms with Crippen LogP contribution in [0.25, 0.3) is 5.59 Å². The first-order valence-corrected chi connectivity index (χ1v) is 0.183. The molecule has 0 bridgehead atoms. The van der Waals surface area contributed by atoms with Crippen LogP contribution in [-0.4, -0.2) is 11.0 Å². The van der Waals surface area contributed by atoms with Gasteiger partial charge < -0.3 is 21.5 Å². The molecule has 0 amide bonds. The summed E-state index contributed by atoms with van der Waals surface area (Å²) in [6.07, 6.45) is 0. The van der Waals surface area contributed by atoms with Gasteiger partial charge in [-0.15, -0.1) is 0 Å². The van der Waals surface area contributed by atoms with Gasteiger partial charge in [0.2, 0.25) is 0 Å². The van der Waals surface area contributed by atoms with Crippen molar-refractivity contribution in [3.63, 3.8) is 0 Å². The van der Waals surface area contributed by atoms with Gasteiger partial charge in [0.05, 0.1) is 0 Å². The predicted molar refractivity (Wildman–Crippen MR) is 14.0 cm³/mol. The van der Waals surface area contributed by atoms with E-state index < -0.39 is 0 Å². The normalized spacial score (nSPS) is 0.800. The van der Waals surface area contributed by atoms with Crippen LogP contribution < -0.4 is 0 Å². The second kappa shape index (κ2) is 23900. The Labute approximate surface area is 39.4 Å². The fourth-order valence-corrected chi connectivity index (χ4v) is 0. The monoisotopic (exact) mass is 122 g/mol. The molecule has 0 aliphatic heterocycles. The van der Waals surface area contributed by atoms with Crippen molar-refractivity contribution in [1.82, 2.24) is 0 Å². The third-order valence-electron chi connectivity index (χ3n) is 0. The molecule has 0 unspecified atom stereocenters. The van der Waals surface area contributed by atoms with E-state index in [1.807, 2.05) is 0 Å². The quantitative estimate of drug-likeness (QED) is 0.365. The van der Waals surface area contributed by atoms with E-state index in [1.54, 1.807) is 0 Å². The molecule has 36 valence electrons. The van der Waals surface area contributed by atoms with E-state index in [0.717, 1.165) is 0 Å². The molecule has 5 heavy (non-hydrogen) atoms. The zero-order chi connectivity index (χ0) is 2.00. The van der Waals surface area contributed by atoms with Crippen LogP contribution in [0.1, 0.15) is 0 Å².